The number of aryl methyl sites for hydroxylation is 1. The van der Waals surface area contributed by atoms with Gasteiger partial charge in [0.15, 0.2) is 0 Å². The molecule has 0 spiro atoms. The predicted octanol–water partition coefficient (Wildman–Crippen LogP) is 2.69. The number of aliphatic hydroxyl groups is 1. The molecular weight excluding hydrogens is 300 g/mol. The van der Waals surface area contributed by atoms with Crippen molar-refractivity contribution in [3.05, 3.63) is 71.3 Å². The maximum Gasteiger partial charge on any atom is 0.251 e. The third kappa shape index (κ3) is 5.48. The Morgan fingerprint density at radius 1 is 1.08 bits per heavy atom. The van der Waals surface area contributed by atoms with Crippen LogP contribution in [0.3, 0.4) is 0 Å². The van der Waals surface area contributed by atoms with Crippen LogP contribution in [0.1, 0.15) is 40.9 Å². The van der Waals surface area contributed by atoms with Crippen molar-refractivity contribution >= 4 is 5.91 Å². The number of carbonyl (C=O) groups excluding carboxylic acids is 1. The summed E-state index contributed by atoms with van der Waals surface area (Å²) in [6.45, 7) is 2.66. The summed E-state index contributed by atoms with van der Waals surface area (Å²) >= 11 is 0. The van der Waals surface area contributed by atoms with Gasteiger partial charge in [0.1, 0.15) is 0 Å². The number of hydrogen-bond acceptors (Lipinski definition) is 3. The number of aliphatic hydroxyl groups excluding tert-OH is 1. The summed E-state index contributed by atoms with van der Waals surface area (Å²) in [5, 5.41) is 16.2. The lowest BCUT2D eigenvalue weighted by Crippen LogP contribution is -2.30. The molecule has 0 radical (unpaired) electrons. The molecule has 2 aromatic rings. The summed E-state index contributed by atoms with van der Waals surface area (Å²) in [4.78, 5) is 11.5. The van der Waals surface area contributed by atoms with E-state index in [1.54, 1.807) is 7.05 Å². The summed E-state index contributed by atoms with van der Waals surface area (Å²) in [6, 6.07) is 17.7. The largest absolute Gasteiger partial charge is 0.387 e. The summed E-state index contributed by atoms with van der Waals surface area (Å²) in [7, 11) is 1.63. The molecule has 4 nitrogen and oxygen atoms in total. The first-order valence-electron chi connectivity index (χ1n) is 8.37. The van der Waals surface area contributed by atoms with Gasteiger partial charge in [-0.25, -0.2) is 0 Å². The molecular formula is C20H26N2O2. The highest BCUT2D eigenvalue weighted by atomic mass is 16.3. The molecule has 128 valence electrons. The minimum atomic E-state index is -0.486. The fourth-order valence-corrected chi connectivity index (χ4v) is 2.56. The molecule has 2 rings (SSSR count). The van der Waals surface area contributed by atoms with Gasteiger partial charge in [-0.15, -0.1) is 0 Å². The molecule has 4 heteroatoms. The lowest BCUT2D eigenvalue weighted by molar-refractivity contribution is 0.0963. The van der Waals surface area contributed by atoms with Crippen molar-refractivity contribution in [1.29, 1.82) is 0 Å². The molecule has 0 aliphatic heterocycles. The third-order valence-electron chi connectivity index (χ3n) is 4.15. The van der Waals surface area contributed by atoms with Crippen LogP contribution in [0.2, 0.25) is 0 Å². The van der Waals surface area contributed by atoms with Crippen LogP contribution in [0.25, 0.3) is 0 Å². The zero-order valence-corrected chi connectivity index (χ0v) is 14.3. The molecule has 0 aliphatic carbocycles. The molecule has 0 unspecified atom stereocenters. The van der Waals surface area contributed by atoms with Crippen LogP contribution in [-0.4, -0.2) is 30.6 Å². The molecule has 0 heterocycles. The first-order valence-corrected chi connectivity index (χ1v) is 8.37. The third-order valence-corrected chi connectivity index (χ3v) is 4.15. The van der Waals surface area contributed by atoms with Gasteiger partial charge >= 0.3 is 0 Å². The second-order valence-corrected chi connectivity index (χ2v) is 6.05. The van der Waals surface area contributed by atoms with Crippen molar-refractivity contribution in [2.45, 2.75) is 31.9 Å². The fraction of sp³-hybridized carbons (Fsp3) is 0.350. The number of benzene rings is 2. The first-order chi connectivity index (χ1) is 11.6. The van der Waals surface area contributed by atoms with E-state index in [-0.39, 0.29) is 5.91 Å². The highest BCUT2D eigenvalue weighted by Gasteiger charge is 2.09. The zero-order chi connectivity index (χ0) is 17.4. The Morgan fingerprint density at radius 3 is 2.38 bits per heavy atom. The average Bonchev–Trinajstić information content (AvgIpc) is 2.64. The van der Waals surface area contributed by atoms with Crippen LogP contribution in [0.5, 0.6) is 0 Å². The van der Waals surface area contributed by atoms with Crippen LogP contribution in [0, 0.1) is 0 Å². The number of rotatable bonds is 8. The van der Waals surface area contributed by atoms with E-state index in [0.717, 1.165) is 18.4 Å². The molecule has 2 aromatic carbocycles. The highest BCUT2D eigenvalue weighted by Crippen LogP contribution is 2.12. The van der Waals surface area contributed by atoms with Gasteiger partial charge in [0, 0.05) is 25.2 Å². The van der Waals surface area contributed by atoms with E-state index < -0.39 is 6.10 Å². The van der Waals surface area contributed by atoms with Crippen LogP contribution in [-0.2, 0) is 6.42 Å². The fourth-order valence-electron chi connectivity index (χ4n) is 2.56. The van der Waals surface area contributed by atoms with E-state index in [1.807, 2.05) is 54.6 Å². The normalized spacial score (nSPS) is 13.3. The Hall–Kier alpha value is -2.17. The van der Waals surface area contributed by atoms with Gasteiger partial charge in [0.25, 0.3) is 5.91 Å². The van der Waals surface area contributed by atoms with Crippen molar-refractivity contribution < 1.29 is 9.90 Å². The van der Waals surface area contributed by atoms with Crippen LogP contribution >= 0.6 is 0 Å². The van der Waals surface area contributed by atoms with Gasteiger partial charge < -0.3 is 15.7 Å². The van der Waals surface area contributed by atoms with Gasteiger partial charge in [-0.2, -0.15) is 0 Å². The highest BCUT2D eigenvalue weighted by molar-refractivity contribution is 5.93. The van der Waals surface area contributed by atoms with Crippen LogP contribution < -0.4 is 10.6 Å². The van der Waals surface area contributed by atoms with Gasteiger partial charge in [0.05, 0.1) is 6.10 Å². The summed E-state index contributed by atoms with van der Waals surface area (Å²) < 4.78 is 0. The SMILES string of the molecule is CNC(=O)c1ccc(CC[C@@H](C)NC[C@@H](O)c2ccccc2)cc1. The molecule has 0 bridgehead atoms. The molecule has 1 amide bonds. The Bertz CT molecular complexity index is 626. The molecule has 0 saturated carbocycles. The van der Waals surface area contributed by atoms with Crippen molar-refractivity contribution in [3.63, 3.8) is 0 Å². The zero-order valence-electron chi connectivity index (χ0n) is 14.3. The van der Waals surface area contributed by atoms with Gasteiger partial charge in [-0.3, -0.25) is 4.79 Å². The van der Waals surface area contributed by atoms with E-state index in [4.69, 9.17) is 0 Å². The molecule has 3 N–H and O–H groups in total. The second-order valence-electron chi connectivity index (χ2n) is 6.05. The van der Waals surface area contributed by atoms with Crippen LogP contribution in [0.15, 0.2) is 54.6 Å². The monoisotopic (exact) mass is 326 g/mol. The maximum atomic E-state index is 11.5. The smallest absolute Gasteiger partial charge is 0.251 e. The Labute approximate surface area is 143 Å². The number of hydrogen-bond donors (Lipinski definition) is 3. The number of amides is 1. The summed E-state index contributed by atoms with van der Waals surface area (Å²) in [5.41, 5.74) is 2.82. The van der Waals surface area contributed by atoms with Crippen molar-refractivity contribution in [1.82, 2.24) is 10.6 Å². The minimum absolute atomic E-state index is 0.0634. The van der Waals surface area contributed by atoms with E-state index in [1.165, 1.54) is 5.56 Å². The minimum Gasteiger partial charge on any atom is -0.387 e. The topological polar surface area (TPSA) is 61.4 Å². The first kappa shape index (κ1) is 18.2. The number of nitrogens with one attached hydrogen (secondary N) is 2. The molecule has 0 fully saturated rings. The lowest BCUT2D eigenvalue weighted by atomic mass is 10.0. The molecule has 2 atom stereocenters. The molecule has 0 aliphatic rings. The molecule has 24 heavy (non-hydrogen) atoms. The van der Waals surface area contributed by atoms with Gasteiger partial charge in [-0.05, 0) is 43.0 Å². The maximum absolute atomic E-state index is 11.5. The Morgan fingerprint density at radius 2 is 1.75 bits per heavy atom. The standard InChI is InChI=1S/C20H26N2O2/c1-15(22-14-19(23)17-6-4-3-5-7-17)8-9-16-10-12-18(13-11-16)20(24)21-2/h3-7,10-13,15,19,22-23H,8-9,14H2,1-2H3,(H,21,24)/t15-,19-/m1/s1. The molecule has 0 saturated heterocycles. The van der Waals surface area contributed by atoms with Crippen molar-refractivity contribution in [2.75, 3.05) is 13.6 Å². The van der Waals surface area contributed by atoms with Gasteiger partial charge in [0.2, 0.25) is 0 Å². The molecule has 0 aromatic heterocycles. The van der Waals surface area contributed by atoms with Crippen molar-refractivity contribution in [3.8, 4) is 0 Å². The number of carbonyl (C=O) groups is 1. The summed E-state index contributed by atoms with van der Waals surface area (Å²) in [6.07, 6.45) is 1.42. The average molecular weight is 326 g/mol. The van der Waals surface area contributed by atoms with Gasteiger partial charge in [-0.1, -0.05) is 42.5 Å². The lowest BCUT2D eigenvalue weighted by Gasteiger charge is -2.17. The Balaban J connectivity index is 1.75. The van der Waals surface area contributed by atoms with E-state index >= 15 is 0 Å². The van der Waals surface area contributed by atoms with Crippen molar-refractivity contribution in [2.24, 2.45) is 0 Å². The quantitative estimate of drug-likeness (QED) is 0.699. The Kier molecular flexibility index (Phi) is 6.97. The van der Waals surface area contributed by atoms with E-state index in [2.05, 4.69) is 17.6 Å². The van der Waals surface area contributed by atoms with E-state index in [0.29, 0.717) is 18.2 Å². The van der Waals surface area contributed by atoms with Crippen LogP contribution in [0.4, 0.5) is 0 Å². The summed E-state index contributed by atoms with van der Waals surface area (Å²) in [5.74, 6) is -0.0634. The second kappa shape index (κ2) is 9.21. The van der Waals surface area contributed by atoms with E-state index in [9.17, 15) is 9.90 Å². The predicted molar refractivity (Wildman–Crippen MR) is 97.0 cm³/mol.